The predicted molar refractivity (Wildman–Crippen MR) is 110 cm³/mol. The van der Waals surface area contributed by atoms with Gasteiger partial charge in [0.25, 0.3) is 5.91 Å². The van der Waals surface area contributed by atoms with Crippen LogP contribution in [0.3, 0.4) is 0 Å². The lowest BCUT2D eigenvalue weighted by Gasteiger charge is -2.34. The number of methoxy groups -OCH3 is 1. The molecule has 1 aromatic heterocycles. The fourth-order valence-corrected chi connectivity index (χ4v) is 4.47. The first-order valence-corrected chi connectivity index (χ1v) is 10.3. The van der Waals surface area contributed by atoms with Gasteiger partial charge in [0.2, 0.25) is 0 Å². The molecule has 1 fully saturated rings. The Morgan fingerprint density at radius 1 is 1.19 bits per heavy atom. The van der Waals surface area contributed by atoms with Crippen molar-refractivity contribution >= 4 is 40.4 Å². The lowest BCUT2D eigenvalue weighted by atomic mass is 10.1. The number of carbonyl (C=O) groups is 1. The maximum Gasteiger partial charge on any atom is 0.254 e. The molecule has 27 heavy (non-hydrogen) atoms. The van der Waals surface area contributed by atoms with Gasteiger partial charge in [-0.05, 0) is 31.2 Å². The zero-order chi connectivity index (χ0) is 19.4. The SMILES string of the molecule is CCOc1c(Cl)cc(C(=O)N2CCN(Cc3ccc(Cl)s3)CC2)cc1OC. The van der Waals surface area contributed by atoms with Gasteiger partial charge in [-0.15, -0.1) is 11.3 Å². The first-order chi connectivity index (χ1) is 13.0. The summed E-state index contributed by atoms with van der Waals surface area (Å²) in [6.45, 7) is 6.20. The second kappa shape index (κ2) is 9.15. The van der Waals surface area contributed by atoms with Crippen molar-refractivity contribution < 1.29 is 14.3 Å². The Kier molecular flexibility index (Phi) is 6.87. The van der Waals surface area contributed by atoms with Crippen LogP contribution in [0.2, 0.25) is 9.36 Å². The average Bonchev–Trinajstić information content (AvgIpc) is 3.08. The number of thiophene rings is 1. The predicted octanol–water partition coefficient (Wildman–Crippen LogP) is 4.42. The van der Waals surface area contributed by atoms with Crippen molar-refractivity contribution in [2.24, 2.45) is 0 Å². The number of piperazine rings is 1. The van der Waals surface area contributed by atoms with Crippen molar-refractivity contribution in [3.05, 3.63) is 44.1 Å². The number of amides is 1. The highest BCUT2D eigenvalue weighted by molar-refractivity contribution is 7.16. The van der Waals surface area contributed by atoms with Crippen molar-refractivity contribution in [2.45, 2.75) is 13.5 Å². The number of hydrogen-bond donors (Lipinski definition) is 0. The number of hydrogen-bond acceptors (Lipinski definition) is 5. The number of ether oxygens (including phenoxy) is 2. The Morgan fingerprint density at radius 2 is 1.93 bits per heavy atom. The summed E-state index contributed by atoms with van der Waals surface area (Å²) in [6, 6.07) is 7.32. The molecule has 2 aromatic rings. The van der Waals surface area contributed by atoms with E-state index in [4.69, 9.17) is 32.7 Å². The van der Waals surface area contributed by atoms with Gasteiger partial charge in [0.1, 0.15) is 0 Å². The van der Waals surface area contributed by atoms with Crippen LogP contribution in [0, 0.1) is 0 Å². The molecule has 2 heterocycles. The normalized spacial score (nSPS) is 15.0. The van der Waals surface area contributed by atoms with E-state index in [1.54, 1.807) is 23.5 Å². The van der Waals surface area contributed by atoms with E-state index < -0.39 is 0 Å². The van der Waals surface area contributed by atoms with Gasteiger partial charge in [0.05, 0.1) is 23.1 Å². The summed E-state index contributed by atoms with van der Waals surface area (Å²) in [4.78, 5) is 18.3. The Bertz CT molecular complexity index is 804. The molecule has 0 atom stereocenters. The molecule has 3 rings (SSSR count). The number of carbonyl (C=O) groups excluding carboxylic acids is 1. The maximum atomic E-state index is 12.9. The standard InChI is InChI=1S/C19H22Cl2N2O3S/c1-3-26-18-15(20)10-13(11-16(18)25-2)19(24)23-8-6-22(7-9-23)12-14-4-5-17(21)27-14/h4-5,10-11H,3,6-9,12H2,1-2H3. The summed E-state index contributed by atoms with van der Waals surface area (Å²) in [5.41, 5.74) is 0.513. The molecule has 0 aliphatic carbocycles. The summed E-state index contributed by atoms with van der Waals surface area (Å²) >= 11 is 13.9. The third-order valence-corrected chi connectivity index (χ3v) is 5.93. The van der Waals surface area contributed by atoms with Crippen LogP contribution < -0.4 is 9.47 Å². The third-order valence-electron chi connectivity index (χ3n) is 4.43. The van der Waals surface area contributed by atoms with E-state index >= 15 is 0 Å². The zero-order valence-electron chi connectivity index (χ0n) is 15.3. The largest absolute Gasteiger partial charge is 0.493 e. The smallest absolute Gasteiger partial charge is 0.254 e. The summed E-state index contributed by atoms with van der Waals surface area (Å²) in [7, 11) is 1.54. The third kappa shape index (κ3) is 4.88. The van der Waals surface area contributed by atoms with E-state index in [9.17, 15) is 4.79 Å². The van der Waals surface area contributed by atoms with Crippen molar-refractivity contribution in [1.29, 1.82) is 0 Å². The molecule has 5 nitrogen and oxygen atoms in total. The van der Waals surface area contributed by atoms with Crippen LogP contribution in [0.5, 0.6) is 11.5 Å². The fraction of sp³-hybridized carbons (Fsp3) is 0.421. The highest BCUT2D eigenvalue weighted by atomic mass is 35.5. The van der Waals surface area contributed by atoms with Crippen LogP contribution in [-0.4, -0.2) is 55.6 Å². The van der Waals surface area contributed by atoms with Crippen LogP contribution in [0.15, 0.2) is 24.3 Å². The Morgan fingerprint density at radius 3 is 2.52 bits per heavy atom. The fourth-order valence-electron chi connectivity index (χ4n) is 3.08. The molecule has 1 aliphatic rings. The second-order valence-corrected chi connectivity index (χ2v) is 8.40. The molecule has 0 spiro atoms. The van der Waals surface area contributed by atoms with Crippen LogP contribution in [0.4, 0.5) is 0 Å². The molecule has 0 saturated carbocycles. The van der Waals surface area contributed by atoms with Crippen LogP contribution >= 0.6 is 34.5 Å². The minimum absolute atomic E-state index is 0.0444. The van der Waals surface area contributed by atoms with Crippen LogP contribution in [0.25, 0.3) is 0 Å². The van der Waals surface area contributed by atoms with Crippen molar-refractivity contribution in [2.75, 3.05) is 39.9 Å². The molecule has 0 bridgehead atoms. The monoisotopic (exact) mass is 428 g/mol. The highest BCUT2D eigenvalue weighted by Gasteiger charge is 2.24. The summed E-state index contributed by atoms with van der Waals surface area (Å²) in [6.07, 6.45) is 0. The molecule has 0 unspecified atom stereocenters. The van der Waals surface area contributed by atoms with Gasteiger partial charge in [0, 0.05) is 43.2 Å². The number of rotatable bonds is 6. The van der Waals surface area contributed by atoms with E-state index in [2.05, 4.69) is 11.0 Å². The first kappa shape index (κ1) is 20.3. The topological polar surface area (TPSA) is 42.0 Å². The van der Waals surface area contributed by atoms with Crippen LogP contribution in [-0.2, 0) is 6.54 Å². The van der Waals surface area contributed by atoms with Crippen molar-refractivity contribution in [3.8, 4) is 11.5 Å². The van der Waals surface area contributed by atoms with Gasteiger partial charge >= 0.3 is 0 Å². The van der Waals surface area contributed by atoms with Gasteiger partial charge in [0.15, 0.2) is 11.5 Å². The van der Waals surface area contributed by atoms with E-state index in [0.29, 0.717) is 41.8 Å². The number of nitrogens with zero attached hydrogens (tertiary/aromatic N) is 2. The van der Waals surface area contributed by atoms with Gasteiger partial charge in [-0.3, -0.25) is 9.69 Å². The maximum absolute atomic E-state index is 12.9. The van der Waals surface area contributed by atoms with E-state index in [0.717, 1.165) is 24.0 Å². The highest BCUT2D eigenvalue weighted by Crippen LogP contribution is 2.36. The Balaban J connectivity index is 1.64. The minimum atomic E-state index is -0.0444. The molecule has 1 aromatic carbocycles. The van der Waals surface area contributed by atoms with Gasteiger partial charge in [-0.1, -0.05) is 23.2 Å². The van der Waals surface area contributed by atoms with Gasteiger partial charge in [-0.2, -0.15) is 0 Å². The molecular weight excluding hydrogens is 407 g/mol. The van der Waals surface area contributed by atoms with E-state index in [1.165, 1.54) is 12.0 Å². The number of benzene rings is 1. The lowest BCUT2D eigenvalue weighted by Crippen LogP contribution is -2.48. The quantitative estimate of drug-likeness (QED) is 0.682. The van der Waals surface area contributed by atoms with Crippen molar-refractivity contribution in [1.82, 2.24) is 9.80 Å². The molecular formula is C19H22Cl2N2O3S. The van der Waals surface area contributed by atoms with Crippen molar-refractivity contribution in [3.63, 3.8) is 0 Å². The molecule has 1 aliphatic heterocycles. The zero-order valence-corrected chi connectivity index (χ0v) is 17.7. The summed E-state index contributed by atoms with van der Waals surface area (Å²) < 4.78 is 11.7. The van der Waals surface area contributed by atoms with Gasteiger partial charge < -0.3 is 14.4 Å². The summed E-state index contributed by atoms with van der Waals surface area (Å²) in [5.74, 6) is 0.899. The Hall–Kier alpha value is -1.47. The number of halogens is 2. The molecule has 8 heteroatoms. The molecule has 0 N–H and O–H groups in total. The molecule has 0 radical (unpaired) electrons. The average molecular weight is 429 g/mol. The first-order valence-electron chi connectivity index (χ1n) is 8.78. The molecule has 146 valence electrons. The Labute approximate surface area is 173 Å². The van der Waals surface area contributed by atoms with E-state index in [1.807, 2.05) is 17.9 Å². The minimum Gasteiger partial charge on any atom is -0.493 e. The second-order valence-electron chi connectivity index (χ2n) is 6.20. The summed E-state index contributed by atoms with van der Waals surface area (Å²) in [5, 5.41) is 0.382. The molecule has 1 saturated heterocycles. The van der Waals surface area contributed by atoms with Crippen LogP contribution in [0.1, 0.15) is 22.2 Å². The van der Waals surface area contributed by atoms with E-state index in [-0.39, 0.29) is 5.91 Å². The molecule has 1 amide bonds. The lowest BCUT2D eigenvalue weighted by molar-refractivity contribution is 0.0629. The van der Waals surface area contributed by atoms with Gasteiger partial charge in [-0.25, -0.2) is 0 Å².